The number of nitrogens with one attached hydrogen (secondary N) is 1. The average Bonchev–Trinajstić information content (AvgIpc) is 2.82. The Hall–Kier alpha value is -1.39. The highest BCUT2D eigenvalue weighted by Crippen LogP contribution is 2.25. The number of rotatable bonds is 5. The molecule has 0 bridgehead atoms. The molecule has 1 aromatic carbocycles. The molecule has 1 aliphatic rings. The summed E-state index contributed by atoms with van der Waals surface area (Å²) in [5.41, 5.74) is 0.718. The smallest absolute Gasteiger partial charge is 0.327 e. The lowest BCUT2D eigenvalue weighted by Gasteiger charge is -2.30. The van der Waals surface area contributed by atoms with Gasteiger partial charge in [0.15, 0.2) is 0 Å². The first-order valence-electron chi connectivity index (χ1n) is 7.18. The van der Waals surface area contributed by atoms with Crippen LogP contribution in [0, 0.1) is 0 Å². The highest BCUT2D eigenvalue weighted by atomic mass is 16.5. The lowest BCUT2D eigenvalue weighted by Crippen LogP contribution is -2.56. The number of hydrogen-bond donors (Lipinski definition) is 1. The molecule has 1 fully saturated rings. The van der Waals surface area contributed by atoms with Crippen LogP contribution in [-0.4, -0.2) is 42.6 Å². The fourth-order valence-electron chi connectivity index (χ4n) is 2.96. The lowest BCUT2D eigenvalue weighted by atomic mass is 9.97. The van der Waals surface area contributed by atoms with E-state index < -0.39 is 5.54 Å². The fourth-order valence-corrected chi connectivity index (χ4v) is 2.96. The van der Waals surface area contributed by atoms with Gasteiger partial charge >= 0.3 is 5.97 Å². The molecule has 1 N–H and O–H groups in total. The topological polar surface area (TPSA) is 41.6 Å². The van der Waals surface area contributed by atoms with Gasteiger partial charge in [0.1, 0.15) is 5.54 Å². The van der Waals surface area contributed by atoms with E-state index >= 15 is 0 Å². The molecule has 0 aromatic heterocycles. The molecule has 1 saturated heterocycles. The summed E-state index contributed by atoms with van der Waals surface area (Å²) in [7, 11) is 1.46. The molecular formula is C16H24N2O2. The Balaban J connectivity index is 2.05. The van der Waals surface area contributed by atoms with Gasteiger partial charge < -0.3 is 4.74 Å². The van der Waals surface area contributed by atoms with Gasteiger partial charge in [-0.2, -0.15) is 0 Å². The third kappa shape index (κ3) is 3.38. The summed E-state index contributed by atoms with van der Waals surface area (Å²) in [6.45, 7) is 6.60. The molecule has 1 atom stereocenters. The van der Waals surface area contributed by atoms with Crippen LogP contribution in [0.2, 0.25) is 0 Å². The number of benzene rings is 1. The van der Waals surface area contributed by atoms with E-state index in [0.29, 0.717) is 6.54 Å². The van der Waals surface area contributed by atoms with Crippen LogP contribution in [0.4, 0.5) is 0 Å². The highest BCUT2D eigenvalue weighted by molar-refractivity contribution is 5.81. The van der Waals surface area contributed by atoms with Crippen molar-refractivity contribution in [1.82, 2.24) is 10.2 Å². The van der Waals surface area contributed by atoms with E-state index in [1.807, 2.05) is 18.2 Å². The summed E-state index contributed by atoms with van der Waals surface area (Å²) in [5.74, 6) is -0.151. The Morgan fingerprint density at radius 2 is 2.10 bits per heavy atom. The molecule has 1 heterocycles. The largest absolute Gasteiger partial charge is 0.468 e. The van der Waals surface area contributed by atoms with Gasteiger partial charge in [0.25, 0.3) is 0 Å². The summed E-state index contributed by atoms with van der Waals surface area (Å²) in [5, 5.41) is 3.41. The van der Waals surface area contributed by atoms with Crippen molar-refractivity contribution in [3.05, 3.63) is 35.9 Å². The second-order valence-electron chi connectivity index (χ2n) is 5.82. The Kier molecular flexibility index (Phi) is 4.78. The van der Waals surface area contributed by atoms with E-state index in [1.165, 1.54) is 12.7 Å². The number of carbonyl (C=O) groups excluding carboxylic acids is 1. The first kappa shape index (κ1) is 15.0. The van der Waals surface area contributed by atoms with Gasteiger partial charge in [0.05, 0.1) is 7.11 Å². The standard InChI is InChI=1S/C16H24N2O2/c1-13(2)17-16(15(19)20-3)9-10-18(12-16)11-14-7-5-4-6-8-14/h4-8,13,17H,9-12H2,1-3H3. The number of esters is 1. The Bertz CT molecular complexity index is 447. The van der Waals surface area contributed by atoms with Crippen LogP contribution >= 0.6 is 0 Å². The molecule has 0 amide bonds. The molecule has 1 unspecified atom stereocenters. The van der Waals surface area contributed by atoms with Crippen molar-refractivity contribution in [2.24, 2.45) is 0 Å². The molecule has 20 heavy (non-hydrogen) atoms. The van der Waals surface area contributed by atoms with Gasteiger partial charge in [-0.3, -0.25) is 15.0 Å². The molecule has 0 saturated carbocycles. The van der Waals surface area contributed by atoms with E-state index in [-0.39, 0.29) is 12.0 Å². The van der Waals surface area contributed by atoms with Crippen LogP contribution in [0.5, 0.6) is 0 Å². The van der Waals surface area contributed by atoms with Crippen molar-refractivity contribution in [2.45, 2.75) is 38.4 Å². The molecule has 0 radical (unpaired) electrons. The van der Waals surface area contributed by atoms with Crippen molar-refractivity contribution in [1.29, 1.82) is 0 Å². The molecule has 1 aliphatic heterocycles. The molecule has 110 valence electrons. The van der Waals surface area contributed by atoms with Gasteiger partial charge in [0.2, 0.25) is 0 Å². The van der Waals surface area contributed by atoms with Crippen LogP contribution in [0.3, 0.4) is 0 Å². The molecule has 1 aromatic rings. The van der Waals surface area contributed by atoms with Gasteiger partial charge in [-0.25, -0.2) is 0 Å². The van der Waals surface area contributed by atoms with E-state index in [1.54, 1.807) is 0 Å². The van der Waals surface area contributed by atoms with Gasteiger partial charge in [-0.05, 0) is 25.8 Å². The summed E-state index contributed by atoms with van der Waals surface area (Å²) in [6, 6.07) is 10.6. The van der Waals surface area contributed by atoms with Crippen molar-refractivity contribution in [3.8, 4) is 0 Å². The summed E-state index contributed by atoms with van der Waals surface area (Å²) in [4.78, 5) is 14.5. The molecule has 0 spiro atoms. The first-order chi connectivity index (χ1) is 9.55. The zero-order chi connectivity index (χ0) is 14.6. The zero-order valence-corrected chi connectivity index (χ0v) is 12.6. The summed E-state index contributed by atoms with van der Waals surface area (Å²) >= 11 is 0. The van der Waals surface area contributed by atoms with Crippen molar-refractivity contribution >= 4 is 5.97 Å². The second kappa shape index (κ2) is 6.37. The average molecular weight is 276 g/mol. The monoisotopic (exact) mass is 276 g/mol. The third-order valence-electron chi connectivity index (χ3n) is 3.74. The van der Waals surface area contributed by atoms with Crippen LogP contribution < -0.4 is 5.32 Å². The maximum absolute atomic E-state index is 12.2. The predicted octanol–water partition coefficient (Wildman–Crippen LogP) is 1.80. The summed E-state index contributed by atoms with van der Waals surface area (Å²) < 4.78 is 5.01. The lowest BCUT2D eigenvalue weighted by molar-refractivity contribution is -0.148. The first-order valence-corrected chi connectivity index (χ1v) is 7.18. The fraction of sp³-hybridized carbons (Fsp3) is 0.562. The van der Waals surface area contributed by atoms with Crippen molar-refractivity contribution < 1.29 is 9.53 Å². The third-order valence-corrected chi connectivity index (χ3v) is 3.74. The van der Waals surface area contributed by atoms with E-state index in [4.69, 9.17) is 4.74 Å². The number of carbonyl (C=O) groups is 1. The minimum absolute atomic E-state index is 0.151. The molecule has 0 aliphatic carbocycles. The molecular weight excluding hydrogens is 252 g/mol. The Labute approximate surface area is 121 Å². The Morgan fingerprint density at radius 1 is 1.40 bits per heavy atom. The number of hydrogen-bond acceptors (Lipinski definition) is 4. The van der Waals surface area contributed by atoms with E-state index in [2.05, 4.69) is 36.2 Å². The van der Waals surface area contributed by atoms with Gasteiger partial charge in [-0.1, -0.05) is 30.3 Å². The second-order valence-corrected chi connectivity index (χ2v) is 5.82. The van der Waals surface area contributed by atoms with E-state index in [0.717, 1.165) is 19.5 Å². The van der Waals surface area contributed by atoms with Crippen molar-refractivity contribution in [2.75, 3.05) is 20.2 Å². The SMILES string of the molecule is COC(=O)C1(NC(C)C)CCN(Cc2ccccc2)C1. The predicted molar refractivity (Wildman–Crippen MR) is 79.4 cm³/mol. The molecule has 4 nitrogen and oxygen atoms in total. The maximum Gasteiger partial charge on any atom is 0.327 e. The number of likely N-dealkylation sites (tertiary alicyclic amines) is 1. The minimum Gasteiger partial charge on any atom is -0.468 e. The number of nitrogens with zero attached hydrogens (tertiary/aromatic N) is 1. The molecule has 2 rings (SSSR count). The minimum atomic E-state index is -0.558. The zero-order valence-electron chi connectivity index (χ0n) is 12.6. The normalized spacial score (nSPS) is 23.2. The number of methoxy groups -OCH3 is 1. The highest BCUT2D eigenvalue weighted by Gasteiger charge is 2.45. The Morgan fingerprint density at radius 3 is 2.70 bits per heavy atom. The van der Waals surface area contributed by atoms with Crippen LogP contribution in [0.1, 0.15) is 25.8 Å². The van der Waals surface area contributed by atoms with Crippen LogP contribution in [0.25, 0.3) is 0 Å². The molecule has 4 heteroatoms. The maximum atomic E-state index is 12.2. The quantitative estimate of drug-likeness (QED) is 0.833. The summed E-state index contributed by atoms with van der Waals surface area (Å²) in [6.07, 6.45) is 0.796. The van der Waals surface area contributed by atoms with E-state index in [9.17, 15) is 4.79 Å². The van der Waals surface area contributed by atoms with Crippen LogP contribution in [-0.2, 0) is 16.1 Å². The van der Waals surface area contributed by atoms with Gasteiger partial charge in [-0.15, -0.1) is 0 Å². The van der Waals surface area contributed by atoms with Crippen LogP contribution in [0.15, 0.2) is 30.3 Å². The number of ether oxygens (including phenoxy) is 1. The van der Waals surface area contributed by atoms with Gasteiger partial charge in [0, 0.05) is 25.7 Å². The van der Waals surface area contributed by atoms with Crippen molar-refractivity contribution in [3.63, 3.8) is 0 Å².